The van der Waals surface area contributed by atoms with Crippen LogP contribution in [0.5, 0.6) is 5.75 Å². The summed E-state index contributed by atoms with van der Waals surface area (Å²) in [6, 6.07) is 4.79. The van der Waals surface area contributed by atoms with Crippen molar-refractivity contribution in [3.63, 3.8) is 0 Å². The van der Waals surface area contributed by atoms with E-state index < -0.39 is 6.17 Å². The number of halogens is 1. The average molecular weight is 470 g/mol. The molecule has 0 radical (unpaired) electrons. The Morgan fingerprint density at radius 3 is 2.94 bits per heavy atom. The lowest BCUT2D eigenvalue weighted by Gasteiger charge is -2.36. The number of carbonyl (C=O) groups is 1. The normalized spacial score (nSPS) is 29.2. The van der Waals surface area contributed by atoms with Gasteiger partial charge in [-0.05, 0) is 61.1 Å². The van der Waals surface area contributed by atoms with E-state index >= 15 is 4.39 Å². The highest BCUT2D eigenvalue weighted by Crippen LogP contribution is 2.45. The number of fused-ring (bicyclic) bond motifs is 1. The molecule has 5 N–H and O–H groups in total. The first-order valence-corrected chi connectivity index (χ1v) is 12.0. The maximum atomic E-state index is 15.8. The quantitative estimate of drug-likeness (QED) is 0.428. The Kier molecular flexibility index (Phi) is 6.42. The lowest BCUT2D eigenvalue weighted by Crippen LogP contribution is -2.45. The van der Waals surface area contributed by atoms with Crippen LogP contribution in [0, 0.1) is 5.92 Å². The number of esters is 1. The second kappa shape index (κ2) is 9.48. The van der Waals surface area contributed by atoms with E-state index in [0.717, 1.165) is 54.0 Å². The van der Waals surface area contributed by atoms with Crippen molar-refractivity contribution in [2.24, 2.45) is 5.92 Å². The molecule has 5 atom stereocenters. The minimum atomic E-state index is -1.06. The SMILES string of the molecule is CCc1cc(O)ccc1C1CCC2C(c3ncc(C4=C(C(=O)OC)CNCC4)[nH]3)NNC2C1F. The third-order valence-electron chi connectivity index (χ3n) is 7.61. The summed E-state index contributed by atoms with van der Waals surface area (Å²) in [4.78, 5) is 20.2. The molecule has 8 nitrogen and oxygen atoms in total. The lowest BCUT2D eigenvalue weighted by atomic mass is 9.71. The van der Waals surface area contributed by atoms with Gasteiger partial charge >= 0.3 is 5.97 Å². The van der Waals surface area contributed by atoms with Crippen LogP contribution in [-0.4, -0.2) is 53.5 Å². The van der Waals surface area contributed by atoms with Gasteiger partial charge in [-0.1, -0.05) is 13.0 Å². The van der Waals surface area contributed by atoms with Gasteiger partial charge in [0.1, 0.15) is 17.7 Å². The number of alkyl halides is 1. The number of nitrogens with zero attached hydrogens (tertiary/aromatic N) is 1. The van der Waals surface area contributed by atoms with Gasteiger partial charge in [-0.15, -0.1) is 0 Å². The Balaban J connectivity index is 1.36. The molecular formula is C25H32FN5O3. The first kappa shape index (κ1) is 23.0. The van der Waals surface area contributed by atoms with E-state index in [-0.39, 0.29) is 35.6 Å². The first-order valence-electron chi connectivity index (χ1n) is 12.0. The van der Waals surface area contributed by atoms with Gasteiger partial charge in [-0.25, -0.2) is 19.6 Å². The number of carbonyl (C=O) groups excluding carboxylic acids is 1. The number of nitrogens with one attached hydrogen (secondary N) is 4. The third kappa shape index (κ3) is 4.01. The molecule has 1 aromatic carbocycles. The molecule has 0 amide bonds. The zero-order valence-corrected chi connectivity index (χ0v) is 19.5. The molecule has 5 unspecified atom stereocenters. The van der Waals surface area contributed by atoms with Gasteiger partial charge in [-0.3, -0.25) is 5.43 Å². The summed E-state index contributed by atoms with van der Waals surface area (Å²) < 4.78 is 20.8. The molecule has 182 valence electrons. The van der Waals surface area contributed by atoms with Crippen molar-refractivity contribution in [3.8, 4) is 5.75 Å². The standard InChI is InChI=1S/C25H32FN5O3/c1-3-13-10-14(32)4-5-15(13)17-6-7-18-22(21(17)26)30-31-23(18)24-28-12-20(29-24)16-8-9-27-11-19(16)25(33)34-2/h4-5,10,12,17-18,21-23,27,30-32H,3,6-9,11H2,1-2H3,(H,28,29). The molecule has 1 saturated heterocycles. The van der Waals surface area contributed by atoms with Crippen LogP contribution < -0.4 is 16.2 Å². The maximum Gasteiger partial charge on any atom is 0.335 e. The van der Waals surface area contributed by atoms with Gasteiger partial charge in [0.05, 0.1) is 36.7 Å². The topological polar surface area (TPSA) is 111 Å². The Morgan fingerprint density at radius 1 is 1.29 bits per heavy atom. The monoisotopic (exact) mass is 469 g/mol. The van der Waals surface area contributed by atoms with Crippen molar-refractivity contribution in [1.29, 1.82) is 0 Å². The van der Waals surface area contributed by atoms with E-state index in [4.69, 9.17) is 4.74 Å². The van der Waals surface area contributed by atoms with Crippen LogP contribution in [0.4, 0.5) is 4.39 Å². The number of H-pyrrole nitrogens is 1. The van der Waals surface area contributed by atoms with Crippen LogP contribution in [0.15, 0.2) is 30.0 Å². The summed E-state index contributed by atoms with van der Waals surface area (Å²) in [5.74, 6) is 0.473. The number of aromatic amines is 1. The number of aromatic hydroxyl groups is 1. The van der Waals surface area contributed by atoms with Crippen molar-refractivity contribution in [1.82, 2.24) is 26.1 Å². The molecule has 3 heterocycles. The van der Waals surface area contributed by atoms with Crippen LogP contribution in [-0.2, 0) is 16.0 Å². The molecule has 1 saturated carbocycles. The van der Waals surface area contributed by atoms with Crippen LogP contribution in [0.1, 0.15) is 60.8 Å². The van der Waals surface area contributed by atoms with Crippen LogP contribution in [0.3, 0.4) is 0 Å². The molecule has 2 aromatic rings. The number of ether oxygens (including phenoxy) is 1. The van der Waals surface area contributed by atoms with Crippen LogP contribution in [0.2, 0.25) is 0 Å². The molecule has 1 aromatic heterocycles. The number of benzene rings is 1. The Hall–Kier alpha value is -2.75. The summed E-state index contributed by atoms with van der Waals surface area (Å²) in [6.45, 7) is 3.27. The predicted molar refractivity (Wildman–Crippen MR) is 126 cm³/mol. The van der Waals surface area contributed by atoms with Gasteiger partial charge < -0.3 is 20.1 Å². The largest absolute Gasteiger partial charge is 0.508 e. The number of aromatic nitrogens is 2. The highest BCUT2D eigenvalue weighted by Gasteiger charge is 2.48. The number of rotatable bonds is 5. The summed E-state index contributed by atoms with van der Waals surface area (Å²) in [5.41, 5.74) is 10.8. The fraction of sp³-hybridized carbons (Fsp3) is 0.520. The molecule has 34 heavy (non-hydrogen) atoms. The van der Waals surface area contributed by atoms with Crippen molar-refractivity contribution in [2.45, 2.75) is 56.8 Å². The smallest absolute Gasteiger partial charge is 0.335 e. The average Bonchev–Trinajstić information content (AvgIpc) is 3.51. The van der Waals surface area contributed by atoms with E-state index in [1.807, 2.05) is 13.0 Å². The Bertz CT molecular complexity index is 1100. The molecular weight excluding hydrogens is 437 g/mol. The molecule has 2 fully saturated rings. The number of methoxy groups -OCH3 is 1. The summed E-state index contributed by atoms with van der Waals surface area (Å²) >= 11 is 0. The molecule has 0 bridgehead atoms. The molecule has 2 aliphatic heterocycles. The van der Waals surface area contributed by atoms with Gasteiger partial charge in [0.25, 0.3) is 0 Å². The van der Waals surface area contributed by atoms with E-state index in [9.17, 15) is 9.90 Å². The fourth-order valence-corrected chi connectivity index (χ4v) is 5.86. The summed E-state index contributed by atoms with van der Waals surface area (Å²) in [6.07, 6.45) is 3.74. The molecule has 9 heteroatoms. The number of aryl methyl sites for hydroxylation is 1. The number of phenols is 1. The maximum absolute atomic E-state index is 15.8. The van der Waals surface area contributed by atoms with Crippen LogP contribution in [0.25, 0.3) is 5.57 Å². The van der Waals surface area contributed by atoms with Crippen molar-refractivity contribution in [2.75, 3.05) is 20.2 Å². The Labute approximate surface area is 198 Å². The number of phenolic OH excluding ortho intramolecular Hbond substituents is 1. The van der Waals surface area contributed by atoms with Gasteiger partial charge in [0.15, 0.2) is 0 Å². The third-order valence-corrected chi connectivity index (χ3v) is 7.61. The zero-order chi connectivity index (χ0) is 23.8. The lowest BCUT2D eigenvalue weighted by molar-refractivity contribution is -0.136. The minimum absolute atomic E-state index is 0.0505. The molecule has 1 aliphatic carbocycles. The number of hydrogen-bond acceptors (Lipinski definition) is 7. The zero-order valence-electron chi connectivity index (χ0n) is 19.5. The molecule has 0 spiro atoms. The van der Waals surface area contributed by atoms with Gasteiger partial charge in [-0.2, -0.15) is 0 Å². The summed E-state index contributed by atoms with van der Waals surface area (Å²) in [5, 5.41) is 13.1. The molecule has 5 rings (SSSR count). The fourth-order valence-electron chi connectivity index (χ4n) is 5.86. The molecule has 3 aliphatic rings. The van der Waals surface area contributed by atoms with E-state index in [1.165, 1.54) is 7.11 Å². The highest BCUT2D eigenvalue weighted by atomic mass is 19.1. The van der Waals surface area contributed by atoms with Crippen LogP contribution >= 0.6 is 0 Å². The second-order valence-electron chi connectivity index (χ2n) is 9.38. The van der Waals surface area contributed by atoms with Crippen molar-refractivity contribution < 1.29 is 19.0 Å². The summed E-state index contributed by atoms with van der Waals surface area (Å²) in [7, 11) is 1.39. The highest BCUT2D eigenvalue weighted by molar-refractivity contribution is 5.98. The number of imidazole rings is 1. The minimum Gasteiger partial charge on any atom is -0.508 e. The predicted octanol–water partition coefficient (Wildman–Crippen LogP) is 2.65. The number of hydrazine groups is 1. The van der Waals surface area contributed by atoms with Gasteiger partial charge in [0.2, 0.25) is 0 Å². The number of hydrogen-bond donors (Lipinski definition) is 5. The van der Waals surface area contributed by atoms with Crippen molar-refractivity contribution in [3.05, 3.63) is 52.6 Å². The Morgan fingerprint density at radius 2 is 2.15 bits per heavy atom. The van der Waals surface area contributed by atoms with E-state index in [0.29, 0.717) is 18.5 Å². The second-order valence-corrected chi connectivity index (χ2v) is 9.38. The first-order chi connectivity index (χ1) is 16.5. The van der Waals surface area contributed by atoms with E-state index in [2.05, 4.69) is 26.1 Å². The van der Waals surface area contributed by atoms with Gasteiger partial charge in [0, 0.05) is 18.4 Å². The van der Waals surface area contributed by atoms with Crippen molar-refractivity contribution >= 4 is 11.5 Å². The van der Waals surface area contributed by atoms with E-state index in [1.54, 1.807) is 18.3 Å².